The highest BCUT2D eigenvalue weighted by Crippen LogP contribution is 2.43. The van der Waals surface area contributed by atoms with Gasteiger partial charge in [0.2, 0.25) is 0 Å². The highest BCUT2D eigenvalue weighted by Gasteiger charge is 2.52. The fraction of sp³-hybridized carbons (Fsp3) is 0.562. The lowest BCUT2D eigenvalue weighted by molar-refractivity contribution is -0.150. The minimum Gasteiger partial charge on any atom is -0.300 e. The number of benzene rings is 1. The van der Waals surface area contributed by atoms with Crippen LogP contribution in [0.4, 0.5) is 18.9 Å². The summed E-state index contributed by atoms with van der Waals surface area (Å²) in [5, 5.41) is -0.323. The van der Waals surface area contributed by atoms with Gasteiger partial charge in [-0.3, -0.25) is 10.3 Å². The summed E-state index contributed by atoms with van der Waals surface area (Å²) in [4.78, 5) is 12.5. The van der Waals surface area contributed by atoms with Crippen LogP contribution >= 0.6 is 24.0 Å². The van der Waals surface area contributed by atoms with Gasteiger partial charge in [0.1, 0.15) is 11.4 Å². The van der Waals surface area contributed by atoms with E-state index < -0.39 is 11.7 Å². The Bertz CT molecular complexity index is 690. The topological polar surface area (TPSA) is 36.9 Å². The van der Waals surface area contributed by atoms with Crippen molar-refractivity contribution in [2.45, 2.75) is 31.0 Å². The minimum atomic E-state index is -4.50. The summed E-state index contributed by atoms with van der Waals surface area (Å²) >= 11 is 5.64. The van der Waals surface area contributed by atoms with E-state index in [-0.39, 0.29) is 28.7 Å². The molecule has 4 aliphatic rings. The maximum Gasteiger partial charge on any atom is 0.417 e. The summed E-state index contributed by atoms with van der Waals surface area (Å²) in [6.07, 6.45) is -1.72. The predicted octanol–water partition coefficient (Wildman–Crippen LogP) is 4.20. The molecule has 1 aromatic carbocycles. The van der Waals surface area contributed by atoms with Crippen LogP contribution in [0, 0.1) is 5.92 Å². The third-order valence-electron chi connectivity index (χ3n) is 5.18. The number of hydrogen-bond donors (Lipinski definition) is 1. The first-order valence-electron chi connectivity index (χ1n) is 7.96. The Morgan fingerprint density at radius 2 is 2.00 bits per heavy atom. The molecule has 9 heteroatoms. The van der Waals surface area contributed by atoms with Crippen molar-refractivity contribution in [3.8, 4) is 0 Å². The number of amidine groups is 1. The zero-order valence-corrected chi connectivity index (χ0v) is 14.8. The fourth-order valence-electron chi connectivity index (χ4n) is 3.97. The van der Waals surface area contributed by atoms with Crippen LogP contribution in [0.25, 0.3) is 0 Å². The Labute approximate surface area is 154 Å². The molecule has 4 nitrogen and oxygen atoms in total. The molecule has 0 aliphatic carbocycles. The van der Waals surface area contributed by atoms with Gasteiger partial charge in [0, 0.05) is 13.0 Å². The van der Waals surface area contributed by atoms with E-state index in [0.29, 0.717) is 18.2 Å². The van der Waals surface area contributed by atoms with Gasteiger partial charge >= 0.3 is 6.18 Å². The predicted molar refractivity (Wildman–Crippen MR) is 91.5 cm³/mol. The van der Waals surface area contributed by atoms with E-state index in [0.717, 1.165) is 38.5 Å². The van der Waals surface area contributed by atoms with Gasteiger partial charge in [0.05, 0.1) is 16.3 Å². The monoisotopic (exact) mass is 395 g/mol. The quantitative estimate of drug-likeness (QED) is 0.773. The van der Waals surface area contributed by atoms with Crippen molar-refractivity contribution < 1.29 is 18.0 Å². The summed E-state index contributed by atoms with van der Waals surface area (Å²) in [5.41, 5.74) is 1.88. The summed E-state index contributed by atoms with van der Waals surface area (Å²) in [7, 11) is 0. The van der Waals surface area contributed by atoms with Gasteiger partial charge in [-0.15, -0.1) is 12.4 Å². The zero-order chi connectivity index (χ0) is 16.9. The maximum absolute atomic E-state index is 13.0. The van der Waals surface area contributed by atoms with Crippen molar-refractivity contribution >= 4 is 35.5 Å². The lowest BCUT2D eigenvalue weighted by Crippen LogP contribution is -2.59. The second-order valence-corrected chi connectivity index (χ2v) is 7.12. The summed E-state index contributed by atoms with van der Waals surface area (Å²) in [6, 6.07) is 3.68. The molecular formula is C16H18Cl2F3N3O. The van der Waals surface area contributed by atoms with Crippen LogP contribution in [0.5, 0.6) is 0 Å². The van der Waals surface area contributed by atoms with Crippen molar-refractivity contribution in [1.29, 1.82) is 0 Å². The van der Waals surface area contributed by atoms with E-state index in [1.807, 2.05) is 0 Å². The SMILES string of the molecule is Cl.FC(F)(F)c1cc(N=C2C[C@@]3(CN4CCC3CC4)ON2)ccc1Cl. The largest absolute Gasteiger partial charge is 0.417 e. The number of aliphatic imine (C=N–C) groups is 1. The molecule has 4 aliphatic heterocycles. The van der Waals surface area contributed by atoms with Crippen molar-refractivity contribution in [3.63, 3.8) is 0 Å². The summed E-state index contributed by atoms with van der Waals surface area (Å²) in [6.45, 7) is 3.03. The van der Waals surface area contributed by atoms with Crippen molar-refractivity contribution in [2.24, 2.45) is 10.9 Å². The Morgan fingerprint density at radius 3 is 2.60 bits per heavy atom. The third kappa shape index (κ3) is 3.47. The maximum atomic E-state index is 13.0. The van der Waals surface area contributed by atoms with Crippen LogP contribution in [0.1, 0.15) is 24.8 Å². The van der Waals surface area contributed by atoms with Crippen LogP contribution in [0.3, 0.4) is 0 Å². The molecule has 138 valence electrons. The second kappa shape index (κ2) is 6.61. The molecule has 4 fully saturated rings. The standard InChI is InChI=1S/C16H17ClF3N3O.ClH/c17-13-2-1-11(7-12(13)16(18,19)20)21-14-8-15(24-22-14)9-23-5-3-10(15)4-6-23;/h1-2,7,10H,3-6,8-9H2,(H,21,22);1H/t15-;/m0./s1. The van der Waals surface area contributed by atoms with E-state index in [2.05, 4.69) is 15.4 Å². The van der Waals surface area contributed by atoms with E-state index >= 15 is 0 Å². The first kappa shape index (κ1) is 18.8. The van der Waals surface area contributed by atoms with Gasteiger partial charge in [0.15, 0.2) is 0 Å². The molecule has 0 saturated carbocycles. The summed E-state index contributed by atoms with van der Waals surface area (Å²) < 4.78 is 38.9. The van der Waals surface area contributed by atoms with Crippen LogP contribution in [-0.4, -0.2) is 36.0 Å². The van der Waals surface area contributed by atoms with E-state index in [1.54, 1.807) is 0 Å². The molecular weight excluding hydrogens is 378 g/mol. The highest BCUT2D eigenvalue weighted by molar-refractivity contribution is 6.31. The van der Waals surface area contributed by atoms with E-state index in [1.165, 1.54) is 12.1 Å². The number of nitrogens with one attached hydrogen (secondary N) is 1. The van der Waals surface area contributed by atoms with Crippen molar-refractivity contribution in [2.75, 3.05) is 19.6 Å². The van der Waals surface area contributed by atoms with Crippen LogP contribution in [0.15, 0.2) is 23.2 Å². The lowest BCUT2D eigenvalue weighted by atomic mass is 9.74. The summed E-state index contributed by atoms with van der Waals surface area (Å²) in [5.74, 6) is 1.04. The lowest BCUT2D eigenvalue weighted by Gasteiger charge is -2.49. The molecule has 25 heavy (non-hydrogen) atoms. The number of fused-ring (bicyclic) bond motifs is 2. The minimum absolute atomic E-state index is 0. The normalized spacial score (nSPS) is 32.7. The first-order valence-corrected chi connectivity index (χ1v) is 8.34. The number of nitrogens with zero attached hydrogens (tertiary/aromatic N) is 2. The van der Waals surface area contributed by atoms with Gasteiger partial charge in [-0.25, -0.2) is 4.99 Å². The smallest absolute Gasteiger partial charge is 0.300 e. The highest BCUT2D eigenvalue weighted by atomic mass is 35.5. The molecule has 0 amide bonds. The molecule has 0 unspecified atom stereocenters. The van der Waals surface area contributed by atoms with Gasteiger partial charge < -0.3 is 4.90 Å². The molecule has 5 rings (SSSR count). The molecule has 1 N–H and O–H groups in total. The van der Waals surface area contributed by atoms with Gasteiger partial charge in [-0.05, 0) is 50.0 Å². The number of alkyl halides is 3. The van der Waals surface area contributed by atoms with E-state index in [4.69, 9.17) is 16.4 Å². The first-order chi connectivity index (χ1) is 11.4. The molecule has 4 saturated heterocycles. The number of piperidine rings is 3. The molecule has 1 aromatic rings. The number of hydroxylamine groups is 1. The molecule has 1 spiro atoms. The van der Waals surface area contributed by atoms with Crippen LogP contribution in [0.2, 0.25) is 5.02 Å². The Kier molecular flexibility index (Phi) is 4.96. The fourth-order valence-corrected chi connectivity index (χ4v) is 4.20. The van der Waals surface area contributed by atoms with Crippen molar-refractivity contribution in [3.05, 3.63) is 28.8 Å². The molecule has 0 radical (unpaired) electrons. The zero-order valence-electron chi connectivity index (χ0n) is 13.3. The van der Waals surface area contributed by atoms with Gasteiger partial charge in [-0.1, -0.05) is 11.6 Å². The second-order valence-electron chi connectivity index (χ2n) is 6.72. The average Bonchev–Trinajstić information content (AvgIpc) is 2.91. The van der Waals surface area contributed by atoms with Crippen LogP contribution < -0.4 is 5.48 Å². The number of hydrogen-bond acceptors (Lipinski definition) is 3. The molecule has 4 heterocycles. The van der Waals surface area contributed by atoms with Gasteiger partial charge in [-0.2, -0.15) is 13.2 Å². The van der Waals surface area contributed by atoms with E-state index in [9.17, 15) is 13.2 Å². The Balaban J connectivity index is 0.00000182. The average molecular weight is 396 g/mol. The number of halogens is 5. The Morgan fingerprint density at radius 1 is 1.28 bits per heavy atom. The van der Waals surface area contributed by atoms with Gasteiger partial charge in [0.25, 0.3) is 0 Å². The van der Waals surface area contributed by atoms with Crippen LogP contribution in [-0.2, 0) is 11.0 Å². The third-order valence-corrected chi connectivity index (χ3v) is 5.51. The number of rotatable bonds is 1. The molecule has 1 atom stereocenters. The Hall–Kier alpha value is -1.02. The van der Waals surface area contributed by atoms with Crippen molar-refractivity contribution in [1.82, 2.24) is 10.4 Å². The molecule has 0 aromatic heterocycles. The molecule has 2 bridgehead atoms.